The molecular formula is C12H21N3. The molecule has 1 fully saturated rings. The van der Waals surface area contributed by atoms with E-state index in [0.717, 1.165) is 24.9 Å². The van der Waals surface area contributed by atoms with Crippen LogP contribution in [-0.4, -0.2) is 16.3 Å². The van der Waals surface area contributed by atoms with Crippen LogP contribution in [-0.2, 0) is 6.54 Å². The van der Waals surface area contributed by atoms with Gasteiger partial charge in [0, 0.05) is 12.7 Å². The lowest BCUT2D eigenvalue weighted by Crippen LogP contribution is -2.26. The van der Waals surface area contributed by atoms with Gasteiger partial charge in [0.15, 0.2) is 0 Å². The predicted octanol–water partition coefficient (Wildman–Crippen LogP) is 2.21. The van der Waals surface area contributed by atoms with Gasteiger partial charge in [0.1, 0.15) is 0 Å². The van der Waals surface area contributed by atoms with Crippen LogP contribution in [0.1, 0.15) is 38.9 Å². The van der Waals surface area contributed by atoms with E-state index in [1.54, 1.807) is 0 Å². The molecule has 2 rings (SSSR count). The summed E-state index contributed by atoms with van der Waals surface area (Å²) in [5.74, 6) is 1.68. The average molecular weight is 207 g/mol. The van der Waals surface area contributed by atoms with Gasteiger partial charge in [-0.3, -0.25) is 4.68 Å². The SMILES string of the molecule is CCNC(c1ccnn1CC)C1CC1C. The molecule has 0 amide bonds. The van der Waals surface area contributed by atoms with E-state index < -0.39 is 0 Å². The molecular weight excluding hydrogens is 186 g/mol. The highest BCUT2D eigenvalue weighted by Crippen LogP contribution is 2.46. The first-order valence-corrected chi connectivity index (χ1v) is 6.03. The molecule has 0 aliphatic heterocycles. The van der Waals surface area contributed by atoms with Crippen molar-refractivity contribution in [1.29, 1.82) is 0 Å². The first-order valence-electron chi connectivity index (χ1n) is 6.03. The molecule has 3 atom stereocenters. The molecule has 1 aliphatic rings. The van der Waals surface area contributed by atoms with Crippen LogP contribution >= 0.6 is 0 Å². The van der Waals surface area contributed by atoms with Gasteiger partial charge in [-0.2, -0.15) is 5.10 Å². The topological polar surface area (TPSA) is 29.9 Å². The molecule has 0 saturated heterocycles. The lowest BCUT2D eigenvalue weighted by molar-refractivity contribution is 0.436. The third-order valence-corrected chi connectivity index (χ3v) is 3.39. The van der Waals surface area contributed by atoms with E-state index in [-0.39, 0.29) is 0 Å². The number of aryl methyl sites for hydroxylation is 1. The van der Waals surface area contributed by atoms with Gasteiger partial charge in [-0.15, -0.1) is 0 Å². The molecule has 1 saturated carbocycles. The van der Waals surface area contributed by atoms with Crippen LogP contribution in [0.25, 0.3) is 0 Å². The van der Waals surface area contributed by atoms with Crippen LogP contribution in [0.4, 0.5) is 0 Å². The van der Waals surface area contributed by atoms with Crippen LogP contribution in [0.3, 0.4) is 0 Å². The molecule has 0 bridgehead atoms. The van der Waals surface area contributed by atoms with Gasteiger partial charge in [0.2, 0.25) is 0 Å². The summed E-state index contributed by atoms with van der Waals surface area (Å²) in [5.41, 5.74) is 1.36. The molecule has 3 heteroatoms. The molecule has 15 heavy (non-hydrogen) atoms. The highest BCUT2D eigenvalue weighted by Gasteiger charge is 2.40. The second-order valence-electron chi connectivity index (χ2n) is 4.48. The number of rotatable bonds is 5. The van der Waals surface area contributed by atoms with E-state index in [1.807, 2.05) is 6.20 Å². The Kier molecular flexibility index (Phi) is 3.10. The zero-order chi connectivity index (χ0) is 10.8. The Labute approximate surface area is 91.9 Å². The van der Waals surface area contributed by atoms with Gasteiger partial charge < -0.3 is 5.32 Å². The maximum Gasteiger partial charge on any atom is 0.0556 e. The quantitative estimate of drug-likeness (QED) is 0.802. The number of hydrogen-bond donors (Lipinski definition) is 1. The van der Waals surface area contributed by atoms with Crippen molar-refractivity contribution in [3.05, 3.63) is 18.0 Å². The second kappa shape index (κ2) is 4.35. The third-order valence-electron chi connectivity index (χ3n) is 3.39. The minimum absolute atomic E-state index is 0.507. The number of hydrogen-bond acceptors (Lipinski definition) is 2. The Morgan fingerprint density at radius 1 is 1.60 bits per heavy atom. The molecule has 0 aromatic carbocycles. The lowest BCUT2D eigenvalue weighted by Gasteiger charge is -2.18. The third kappa shape index (κ3) is 2.07. The summed E-state index contributed by atoms with van der Waals surface area (Å²) in [6.07, 6.45) is 3.27. The maximum atomic E-state index is 4.35. The van der Waals surface area contributed by atoms with E-state index in [9.17, 15) is 0 Å². The first kappa shape index (κ1) is 10.7. The molecule has 0 radical (unpaired) electrons. The van der Waals surface area contributed by atoms with Crippen LogP contribution < -0.4 is 5.32 Å². The van der Waals surface area contributed by atoms with Gasteiger partial charge in [-0.1, -0.05) is 13.8 Å². The van der Waals surface area contributed by atoms with E-state index in [1.165, 1.54) is 12.1 Å². The first-order chi connectivity index (χ1) is 7.27. The van der Waals surface area contributed by atoms with E-state index in [0.29, 0.717) is 6.04 Å². The van der Waals surface area contributed by atoms with E-state index in [2.05, 4.69) is 41.9 Å². The van der Waals surface area contributed by atoms with Crippen molar-refractivity contribution in [2.75, 3.05) is 6.54 Å². The van der Waals surface area contributed by atoms with Crippen molar-refractivity contribution in [3.8, 4) is 0 Å². The smallest absolute Gasteiger partial charge is 0.0556 e. The standard InChI is InChI=1S/C12H21N3/c1-4-13-12(10-8-9(10)3)11-6-7-14-15(11)5-2/h6-7,9-10,12-13H,4-5,8H2,1-3H3. The fourth-order valence-corrected chi connectivity index (χ4v) is 2.38. The summed E-state index contributed by atoms with van der Waals surface area (Å²) in [7, 11) is 0. The van der Waals surface area contributed by atoms with Crippen molar-refractivity contribution in [1.82, 2.24) is 15.1 Å². The fourth-order valence-electron chi connectivity index (χ4n) is 2.38. The maximum absolute atomic E-state index is 4.35. The summed E-state index contributed by atoms with van der Waals surface area (Å²) in [6, 6.07) is 2.66. The highest BCUT2D eigenvalue weighted by atomic mass is 15.3. The molecule has 1 aromatic rings. The normalized spacial score (nSPS) is 26.6. The van der Waals surface area contributed by atoms with Crippen molar-refractivity contribution >= 4 is 0 Å². The summed E-state index contributed by atoms with van der Waals surface area (Å²) in [6.45, 7) is 8.65. The van der Waals surface area contributed by atoms with Gasteiger partial charge in [-0.05, 0) is 37.8 Å². The van der Waals surface area contributed by atoms with E-state index >= 15 is 0 Å². The van der Waals surface area contributed by atoms with Crippen molar-refractivity contribution in [2.45, 2.75) is 39.8 Å². The van der Waals surface area contributed by atoms with Gasteiger partial charge >= 0.3 is 0 Å². The second-order valence-corrected chi connectivity index (χ2v) is 4.48. The predicted molar refractivity (Wildman–Crippen MR) is 61.6 cm³/mol. The zero-order valence-corrected chi connectivity index (χ0v) is 9.90. The van der Waals surface area contributed by atoms with Gasteiger partial charge in [0.05, 0.1) is 11.7 Å². The largest absolute Gasteiger partial charge is 0.309 e. The van der Waals surface area contributed by atoms with Gasteiger partial charge in [-0.25, -0.2) is 0 Å². The Hall–Kier alpha value is -0.830. The molecule has 1 aliphatic carbocycles. The summed E-state index contributed by atoms with van der Waals surface area (Å²) >= 11 is 0. The Balaban J connectivity index is 2.16. The van der Waals surface area contributed by atoms with E-state index in [4.69, 9.17) is 0 Å². The average Bonchev–Trinajstić information content (AvgIpc) is 2.80. The lowest BCUT2D eigenvalue weighted by atomic mass is 10.1. The van der Waals surface area contributed by atoms with Crippen LogP contribution in [0.15, 0.2) is 12.3 Å². The molecule has 1 N–H and O–H groups in total. The Bertz CT molecular complexity index is 318. The molecule has 3 unspecified atom stereocenters. The Morgan fingerprint density at radius 2 is 2.33 bits per heavy atom. The molecule has 0 spiro atoms. The minimum atomic E-state index is 0.507. The molecule has 1 heterocycles. The highest BCUT2D eigenvalue weighted by molar-refractivity contribution is 5.12. The van der Waals surface area contributed by atoms with Crippen LogP contribution in [0.5, 0.6) is 0 Å². The zero-order valence-electron chi connectivity index (χ0n) is 9.90. The Morgan fingerprint density at radius 3 is 2.87 bits per heavy atom. The van der Waals surface area contributed by atoms with Crippen molar-refractivity contribution in [2.24, 2.45) is 11.8 Å². The van der Waals surface area contributed by atoms with Crippen LogP contribution in [0.2, 0.25) is 0 Å². The molecule has 3 nitrogen and oxygen atoms in total. The summed E-state index contributed by atoms with van der Waals surface area (Å²) in [5, 5.41) is 7.94. The van der Waals surface area contributed by atoms with Gasteiger partial charge in [0.25, 0.3) is 0 Å². The summed E-state index contributed by atoms with van der Waals surface area (Å²) in [4.78, 5) is 0. The van der Waals surface area contributed by atoms with Crippen molar-refractivity contribution in [3.63, 3.8) is 0 Å². The number of aromatic nitrogens is 2. The number of nitrogens with zero attached hydrogens (tertiary/aromatic N) is 2. The monoisotopic (exact) mass is 207 g/mol. The van der Waals surface area contributed by atoms with Crippen molar-refractivity contribution < 1.29 is 0 Å². The minimum Gasteiger partial charge on any atom is -0.309 e. The van der Waals surface area contributed by atoms with Crippen LogP contribution in [0, 0.1) is 11.8 Å². The molecule has 1 aromatic heterocycles. The fraction of sp³-hybridized carbons (Fsp3) is 0.750. The summed E-state index contributed by atoms with van der Waals surface area (Å²) < 4.78 is 2.11. The molecule has 84 valence electrons. The number of nitrogens with one attached hydrogen (secondary N) is 1.